The van der Waals surface area contributed by atoms with E-state index in [0.29, 0.717) is 0 Å². The molecule has 1 aliphatic rings. The highest BCUT2D eigenvalue weighted by Gasteiger charge is 2.04. The Morgan fingerprint density at radius 1 is 1.38 bits per heavy atom. The van der Waals surface area contributed by atoms with Gasteiger partial charge in [0.2, 0.25) is 0 Å². The molecule has 1 aliphatic carbocycles. The standard InChI is InChI=1S/C12H13Br/c1-3-4-5-10(2)11-6-8-12(13)9-7-11/h3-6,8H,1-2,7,9H2/b5-4-. The lowest BCUT2D eigenvalue weighted by Gasteiger charge is -2.10. The smallest absolute Gasteiger partial charge is 0.00460 e. The number of allylic oxidation sites excluding steroid dienone is 8. The summed E-state index contributed by atoms with van der Waals surface area (Å²) in [7, 11) is 0. The van der Waals surface area contributed by atoms with Crippen molar-refractivity contribution in [1.29, 1.82) is 0 Å². The fraction of sp³-hybridized carbons (Fsp3) is 0.167. The predicted octanol–water partition coefficient (Wildman–Crippen LogP) is 4.28. The number of halogens is 1. The molecule has 0 nitrogen and oxygen atoms in total. The molecule has 0 N–H and O–H groups in total. The number of rotatable bonds is 3. The van der Waals surface area contributed by atoms with Crippen molar-refractivity contribution in [2.75, 3.05) is 0 Å². The van der Waals surface area contributed by atoms with E-state index < -0.39 is 0 Å². The lowest BCUT2D eigenvalue weighted by atomic mass is 9.98. The van der Waals surface area contributed by atoms with Crippen LogP contribution in [0.2, 0.25) is 0 Å². The predicted molar refractivity (Wildman–Crippen MR) is 62.8 cm³/mol. The van der Waals surface area contributed by atoms with Crippen molar-refractivity contribution in [1.82, 2.24) is 0 Å². The zero-order chi connectivity index (χ0) is 9.68. The topological polar surface area (TPSA) is 0 Å². The fourth-order valence-electron chi connectivity index (χ4n) is 1.17. The summed E-state index contributed by atoms with van der Waals surface area (Å²) in [6.45, 7) is 7.62. The molecule has 68 valence electrons. The van der Waals surface area contributed by atoms with Gasteiger partial charge in [0.25, 0.3) is 0 Å². The second kappa shape index (κ2) is 5.03. The Balaban J connectivity index is 2.68. The van der Waals surface area contributed by atoms with Crippen LogP contribution >= 0.6 is 15.9 Å². The van der Waals surface area contributed by atoms with Crippen LogP contribution in [-0.2, 0) is 0 Å². The molecule has 0 fully saturated rings. The summed E-state index contributed by atoms with van der Waals surface area (Å²) >= 11 is 3.47. The molecule has 0 aromatic heterocycles. The van der Waals surface area contributed by atoms with Gasteiger partial charge in [-0.25, -0.2) is 0 Å². The third-order valence-corrected chi connectivity index (χ3v) is 2.61. The van der Waals surface area contributed by atoms with Gasteiger partial charge in [0.15, 0.2) is 0 Å². The van der Waals surface area contributed by atoms with Crippen molar-refractivity contribution < 1.29 is 0 Å². The minimum atomic E-state index is 1.07. The van der Waals surface area contributed by atoms with Crippen molar-refractivity contribution in [3.63, 3.8) is 0 Å². The Bertz CT molecular complexity index is 303. The lowest BCUT2D eigenvalue weighted by molar-refractivity contribution is 0.970. The molecular weight excluding hydrogens is 224 g/mol. The van der Waals surface area contributed by atoms with E-state index in [4.69, 9.17) is 0 Å². The second-order valence-corrected chi connectivity index (χ2v) is 3.94. The van der Waals surface area contributed by atoms with E-state index in [0.717, 1.165) is 18.4 Å². The quantitative estimate of drug-likeness (QED) is 0.642. The van der Waals surface area contributed by atoms with E-state index in [1.165, 1.54) is 10.1 Å². The maximum absolute atomic E-state index is 3.99. The first-order chi connectivity index (χ1) is 6.24. The van der Waals surface area contributed by atoms with E-state index in [9.17, 15) is 0 Å². The summed E-state index contributed by atoms with van der Waals surface area (Å²) in [4.78, 5) is 0. The van der Waals surface area contributed by atoms with Crippen LogP contribution in [0, 0.1) is 0 Å². The van der Waals surface area contributed by atoms with Crippen LogP contribution in [0.15, 0.2) is 59.2 Å². The Hall–Kier alpha value is -0.820. The van der Waals surface area contributed by atoms with Gasteiger partial charge in [0.05, 0.1) is 0 Å². The van der Waals surface area contributed by atoms with Gasteiger partial charge < -0.3 is 0 Å². The summed E-state index contributed by atoms with van der Waals surface area (Å²) in [5.74, 6) is 0. The summed E-state index contributed by atoms with van der Waals surface area (Å²) in [6, 6.07) is 0. The van der Waals surface area contributed by atoms with Crippen LogP contribution in [-0.4, -0.2) is 0 Å². The van der Waals surface area contributed by atoms with E-state index >= 15 is 0 Å². The minimum absolute atomic E-state index is 1.07. The third-order valence-electron chi connectivity index (χ3n) is 1.94. The monoisotopic (exact) mass is 236 g/mol. The molecule has 0 amide bonds. The molecule has 0 aromatic rings. The highest BCUT2D eigenvalue weighted by molar-refractivity contribution is 9.11. The van der Waals surface area contributed by atoms with Gasteiger partial charge >= 0.3 is 0 Å². The molecule has 0 radical (unpaired) electrons. The first-order valence-electron chi connectivity index (χ1n) is 4.27. The summed E-state index contributed by atoms with van der Waals surface area (Å²) in [5.41, 5.74) is 2.39. The Morgan fingerprint density at radius 3 is 2.69 bits per heavy atom. The maximum Gasteiger partial charge on any atom is -0.00460 e. The molecule has 0 heterocycles. The Labute approximate surface area is 88.2 Å². The van der Waals surface area contributed by atoms with Crippen LogP contribution in [0.4, 0.5) is 0 Å². The number of hydrogen-bond acceptors (Lipinski definition) is 0. The highest BCUT2D eigenvalue weighted by atomic mass is 79.9. The molecular formula is C12H13Br. The summed E-state index contributed by atoms with van der Waals surface area (Å²) < 4.78 is 1.26. The second-order valence-electron chi connectivity index (χ2n) is 2.93. The lowest BCUT2D eigenvalue weighted by Crippen LogP contribution is -1.90. The first kappa shape index (κ1) is 10.3. The average Bonchev–Trinajstić information content (AvgIpc) is 2.15. The van der Waals surface area contributed by atoms with Gasteiger partial charge in [-0.15, -0.1) is 0 Å². The first-order valence-corrected chi connectivity index (χ1v) is 5.07. The molecule has 0 aromatic carbocycles. The Kier molecular flexibility index (Phi) is 3.97. The van der Waals surface area contributed by atoms with Gasteiger partial charge in [-0.1, -0.05) is 59.5 Å². The van der Waals surface area contributed by atoms with Gasteiger partial charge in [0, 0.05) is 0 Å². The molecule has 0 aliphatic heterocycles. The summed E-state index contributed by atoms with van der Waals surface area (Å²) in [6.07, 6.45) is 12.0. The van der Waals surface area contributed by atoms with Crippen LogP contribution in [0.5, 0.6) is 0 Å². The van der Waals surface area contributed by atoms with Gasteiger partial charge in [0.1, 0.15) is 0 Å². The zero-order valence-corrected chi connectivity index (χ0v) is 9.18. The average molecular weight is 237 g/mol. The molecule has 0 saturated heterocycles. The van der Waals surface area contributed by atoms with Crippen LogP contribution in [0.3, 0.4) is 0 Å². The number of hydrogen-bond donors (Lipinski definition) is 0. The van der Waals surface area contributed by atoms with Crippen molar-refractivity contribution in [2.45, 2.75) is 12.8 Å². The summed E-state index contributed by atoms with van der Waals surface area (Å²) in [5, 5.41) is 0. The maximum atomic E-state index is 3.99. The van der Waals surface area contributed by atoms with E-state index in [1.54, 1.807) is 6.08 Å². The van der Waals surface area contributed by atoms with Gasteiger partial charge in [-0.05, 0) is 28.5 Å². The highest BCUT2D eigenvalue weighted by Crippen LogP contribution is 2.26. The van der Waals surface area contributed by atoms with Crippen LogP contribution in [0.25, 0.3) is 0 Å². The van der Waals surface area contributed by atoms with Crippen molar-refractivity contribution in [2.24, 2.45) is 0 Å². The molecule has 1 heteroatoms. The van der Waals surface area contributed by atoms with E-state index in [1.807, 2.05) is 12.2 Å². The van der Waals surface area contributed by atoms with Crippen molar-refractivity contribution in [3.05, 3.63) is 59.2 Å². The minimum Gasteiger partial charge on any atom is -0.0991 e. The largest absolute Gasteiger partial charge is 0.0991 e. The van der Waals surface area contributed by atoms with Crippen LogP contribution < -0.4 is 0 Å². The van der Waals surface area contributed by atoms with Gasteiger partial charge in [-0.3, -0.25) is 0 Å². The molecule has 0 atom stereocenters. The normalized spacial score (nSPS) is 16.7. The van der Waals surface area contributed by atoms with E-state index in [-0.39, 0.29) is 0 Å². The van der Waals surface area contributed by atoms with Crippen molar-refractivity contribution >= 4 is 15.9 Å². The van der Waals surface area contributed by atoms with E-state index in [2.05, 4.69) is 41.2 Å². The third kappa shape index (κ3) is 3.19. The Morgan fingerprint density at radius 2 is 2.15 bits per heavy atom. The fourth-order valence-corrected chi connectivity index (χ4v) is 1.50. The van der Waals surface area contributed by atoms with Crippen molar-refractivity contribution in [3.8, 4) is 0 Å². The molecule has 13 heavy (non-hydrogen) atoms. The molecule has 0 bridgehead atoms. The molecule has 1 rings (SSSR count). The molecule has 0 spiro atoms. The van der Waals surface area contributed by atoms with Gasteiger partial charge in [-0.2, -0.15) is 0 Å². The molecule has 0 unspecified atom stereocenters. The molecule has 0 saturated carbocycles. The SMILES string of the molecule is C=C/C=C\C(=C)C1=CC=C(Br)CC1. The van der Waals surface area contributed by atoms with Crippen LogP contribution in [0.1, 0.15) is 12.8 Å². The zero-order valence-electron chi connectivity index (χ0n) is 7.59.